The zero-order valence-corrected chi connectivity index (χ0v) is 15.3. The zero-order chi connectivity index (χ0) is 18.2. The molecule has 2 atom stereocenters. The first kappa shape index (κ1) is 17.7. The van der Waals surface area contributed by atoms with E-state index in [1.807, 2.05) is 26.8 Å². The summed E-state index contributed by atoms with van der Waals surface area (Å²) in [7, 11) is -1.40. The summed E-state index contributed by atoms with van der Waals surface area (Å²) >= 11 is 0. The molecule has 2 aromatic heterocycles. The van der Waals surface area contributed by atoms with Crippen LogP contribution in [-0.4, -0.2) is 23.7 Å². The van der Waals surface area contributed by atoms with Crippen molar-refractivity contribution >= 4 is 21.9 Å². The summed E-state index contributed by atoms with van der Waals surface area (Å²) in [6, 6.07) is 8.15. The summed E-state index contributed by atoms with van der Waals surface area (Å²) in [6.45, 7) is 5.84. The number of aromatic nitrogens is 3. The second-order valence-electron chi connectivity index (χ2n) is 6.86. The molecule has 0 fully saturated rings. The van der Waals surface area contributed by atoms with E-state index in [0.717, 1.165) is 22.3 Å². The molecular formula is C18H21FN4OS. The quantitative estimate of drug-likeness (QED) is 0.757. The Morgan fingerprint density at radius 3 is 2.60 bits per heavy atom. The van der Waals surface area contributed by atoms with Gasteiger partial charge >= 0.3 is 0 Å². The van der Waals surface area contributed by atoms with E-state index in [2.05, 4.69) is 10.1 Å². The first-order chi connectivity index (χ1) is 11.8. The van der Waals surface area contributed by atoms with Gasteiger partial charge in [-0.2, -0.15) is 5.10 Å². The van der Waals surface area contributed by atoms with Gasteiger partial charge in [0.05, 0.1) is 39.3 Å². The number of rotatable bonds is 5. The van der Waals surface area contributed by atoms with Crippen molar-refractivity contribution in [1.82, 2.24) is 14.8 Å². The molecule has 3 aromatic rings. The largest absolute Gasteiger partial charge is 0.259 e. The zero-order valence-electron chi connectivity index (χ0n) is 14.4. The van der Waals surface area contributed by atoms with Crippen LogP contribution in [0.2, 0.25) is 0 Å². The lowest BCUT2D eigenvalue weighted by molar-refractivity contribution is 0.534. The summed E-state index contributed by atoms with van der Waals surface area (Å²) in [5, 5.41) is 10.9. The Morgan fingerprint density at radius 2 is 1.96 bits per heavy atom. The number of hydrogen-bond acceptors (Lipinski definition) is 3. The fourth-order valence-corrected chi connectivity index (χ4v) is 3.34. The topological polar surface area (TPSA) is 73.8 Å². The third-order valence-corrected chi connectivity index (χ3v) is 5.65. The molecule has 2 N–H and O–H groups in total. The third kappa shape index (κ3) is 3.62. The predicted octanol–water partition coefficient (Wildman–Crippen LogP) is 3.45. The van der Waals surface area contributed by atoms with Gasteiger partial charge in [-0.1, -0.05) is 6.92 Å². The van der Waals surface area contributed by atoms with Gasteiger partial charge in [-0.25, -0.2) is 13.3 Å². The van der Waals surface area contributed by atoms with E-state index in [-0.39, 0.29) is 11.7 Å². The van der Waals surface area contributed by atoms with Crippen LogP contribution in [0.25, 0.3) is 16.6 Å². The minimum Gasteiger partial charge on any atom is -0.259 e. The minimum absolute atomic E-state index is 0.112. The monoisotopic (exact) mass is 360 g/mol. The molecule has 0 saturated heterocycles. The van der Waals surface area contributed by atoms with Crippen LogP contribution in [0.4, 0.5) is 4.39 Å². The normalized spacial score (nSPS) is 14.6. The van der Waals surface area contributed by atoms with Gasteiger partial charge in [0, 0.05) is 11.1 Å². The van der Waals surface area contributed by atoms with Crippen molar-refractivity contribution in [2.24, 2.45) is 5.14 Å². The molecule has 132 valence electrons. The molecule has 5 nitrogen and oxygen atoms in total. The lowest BCUT2D eigenvalue weighted by atomic mass is 9.94. The van der Waals surface area contributed by atoms with Gasteiger partial charge in [-0.3, -0.25) is 10.1 Å². The van der Waals surface area contributed by atoms with E-state index in [1.165, 1.54) is 12.1 Å². The van der Waals surface area contributed by atoms with Gasteiger partial charge in [0.2, 0.25) is 0 Å². The fraction of sp³-hybridized carbons (Fsp3) is 0.333. The molecule has 7 heteroatoms. The van der Waals surface area contributed by atoms with Gasteiger partial charge in [-0.15, -0.1) is 0 Å². The highest BCUT2D eigenvalue weighted by Crippen LogP contribution is 2.29. The third-order valence-electron chi connectivity index (χ3n) is 4.39. The molecule has 0 spiro atoms. The first-order valence-electron chi connectivity index (χ1n) is 8.04. The Bertz CT molecular complexity index is 920. The van der Waals surface area contributed by atoms with Crippen molar-refractivity contribution < 1.29 is 8.60 Å². The summed E-state index contributed by atoms with van der Waals surface area (Å²) in [5.74, 6) is -0.171. The molecule has 1 unspecified atom stereocenters. The van der Waals surface area contributed by atoms with Crippen LogP contribution in [0.15, 0.2) is 42.7 Å². The van der Waals surface area contributed by atoms with Crippen LogP contribution in [-0.2, 0) is 11.0 Å². The van der Waals surface area contributed by atoms with Crippen LogP contribution in [0.1, 0.15) is 38.8 Å². The van der Waals surface area contributed by atoms with Crippen LogP contribution >= 0.6 is 0 Å². The highest BCUT2D eigenvalue weighted by atomic mass is 32.2. The van der Waals surface area contributed by atoms with Crippen LogP contribution in [0, 0.1) is 5.82 Å². The van der Waals surface area contributed by atoms with E-state index in [0.29, 0.717) is 6.42 Å². The highest BCUT2D eigenvalue weighted by Gasteiger charge is 2.27. The van der Waals surface area contributed by atoms with Crippen molar-refractivity contribution in [3.05, 3.63) is 54.2 Å². The van der Waals surface area contributed by atoms with Crippen LogP contribution < -0.4 is 5.14 Å². The number of nitrogens with two attached hydrogens (primary N) is 1. The SMILES string of the molecule is C[C@H](CC(C)(C)S(N)=O)c1cc2cnn(-c3ccc(F)cc3)c2cn1. The predicted molar refractivity (Wildman–Crippen MR) is 98.3 cm³/mol. The lowest BCUT2D eigenvalue weighted by Gasteiger charge is -2.24. The summed E-state index contributed by atoms with van der Waals surface area (Å²) < 4.78 is 26.0. The molecule has 0 aliphatic heterocycles. The van der Waals surface area contributed by atoms with Gasteiger partial charge in [-0.05, 0) is 56.5 Å². The van der Waals surface area contributed by atoms with Gasteiger partial charge < -0.3 is 0 Å². The molecule has 0 aliphatic rings. The number of benzene rings is 1. The highest BCUT2D eigenvalue weighted by molar-refractivity contribution is 7.84. The maximum Gasteiger partial charge on any atom is 0.123 e. The molecule has 3 rings (SSSR count). The molecule has 0 radical (unpaired) electrons. The smallest absolute Gasteiger partial charge is 0.123 e. The Kier molecular flexibility index (Phi) is 4.71. The fourth-order valence-electron chi connectivity index (χ4n) is 2.92. The molecule has 25 heavy (non-hydrogen) atoms. The standard InChI is InChI=1S/C18H21FN4OS/c1-12(9-18(2,3)25(20)24)16-8-13-10-22-23(17(13)11-21-16)15-6-4-14(19)5-7-15/h4-8,10-12H,9,20H2,1-3H3/t12-,25?/m1/s1. The van der Waals surface area contributed by atoms with E-state index >= 15 is 0 Å². The molecule has 2 heterocycles. The van der Waals surface area contributed by atoms with E-state index < -0.39 is 15.7 Å². The summed E-state index contributed by atoms with van der Waals surface area (Å²) in [5.41, 5.74) is 2.53. The Hall–Kier alpha value is -2.12. The molecule has 0 saturated carbocycles. The maximum absolute atomic E-state index is 13.1. The molecule has 1 aromatic carbocycles. The van der Waals surface area contributed by atoms with Gasteiger partial charge in [0.25, 0.3) is 0 Å². The molecule has 0 amide bonds. The van der Waals surface area contributed by atoms with Crippen molar-refractivity contribution in [2.45, 2.75) is 37.9 Å². The molecule has 0 bridgehead atoms. The number of hydrogen-bond donors (Lipinski definition) is 1. The second kappa shape index (κ2) is 6.65. The van der Waals surface area contributed by atoms with Crippen LogP contribution in [0.5, 0.6) is 0 Å². The Balaban J connectivity index is 1.92. The average molecular weight is 360 g/mol. The average Bonchev–Trinajstić information content (AvgIpc) is 2.98. The van der Waals surface area contributed by atoms with Crippen molar-refractivity contribution in [2.75, 3.05) is 0 Å². The van der Waals surface area contributed by atoms with Crippen molar-refractivity contribution in [3.63, 3.8) is 0 Å². The van der Waals surface area contributed by atoms with Crippen molar-refractivity contribution in [1.29, 1.82) is 0 Å². The first-order valence-corrected chi connectivity index (χ1v) is 9.25. The summed E-state index contributed by atoms with van der Waals surface area (Å²) in [4.78, 5) is 4.55. The Morgan fingerprint density at radius 1 is 1.28 bits per heavy atom. The van der Waals surface area contributed by atoms with E-state index in [9.17, 15) is 8.60 Å². The maximum atomic E-state index is 13.1. The van der Waals surface area contributed by atoms with E-state index in [4.69, 9.17) is 5.14 Å². The lowest BCUT2D eigenvalue weighted by Crippen LogP contribution is -2.33. The van der Waals surface area contributed by atoms with Gasteiger partial charge in [0.1, 0.15) is 5.82 Å². The second-order valence-corrected chi connectivity index (χ2v) is 8.56. The Labute approximate surface area is 148 Å². The van der Waals surface area contributed by atoms with Crippen LogP contribution in [0.3, 0.4) is 0 Å². The van der Waals surface area contributed by atoms with Gasteiger partial charge in [0.15, 0.2) is 0 Å². The number of fused-ring (bicyclic) bond motifs is 1. The minimum atomic E-state index is -1.40. The summed E-state index contributed by atoms with van der Waals surface area (Å²) in [6.07, 6.45) is 4.20. The molecular weight excluding hydrogens is 339 g/mol. The molecule has 0 aliphatic carbocycles. The van der Waals surface area contributed by atoms with E-state index in [1.54, 1.807) is 29.2 Å². The number of halogens is 1. The number of nitrogens with zero attached hydrogens (tertiary/aromatic N) is 3. The van der Waals surface area contributed by atoms with Crippen molar-refractivity contribution in [3.8, 4) is 5.69 Å². The number of pyridine rings is 1.